The monoisotopic (exact) mass is 264 g/mol. The average Bonchev–Trinajstić information content (AvgIpc) is 2.74. The molecule has 0 aromatic carbocycles. The lowest BCUT2D eigenvalue weighted by molar-refractivity contribution is 0.150. The number of nitrogens with one attached hydrogen (secondary N) is 1. The predicted molar refractivity (Wildman–Crippen MR) is 79.0 cm³/mol. The van der Waals surface area contributed by atoms with E-state index in [9.17, 15) is 0 Å². The molecular formula is C15H28N4. The molecule has 0 amide bonds. The summed E-state index contributed by atoms with van der Waals surface area (Å²) >= 11 is 0. The molecule has 1 N–H and O–H groups in total. The van der Waals surface area contributed by atoms with Gasteiger partial charge < -0.3 is 5.32 Å². The molecule has 19 heavy (non-hydrogen) atoms. The third kappa shape index (κ3) is 3.37. The van der Waals surface area contributed by atoms with Crippen LogP contribution in [0.15, 0.2) is 12.3 Å². The van der Waals surface area contributed by atoms with Gasteiger partial charge in [-0.15, -0.1) is 0 Å². The number of hydrogen-bond acceptors (Lipinski definition) is 3. The van der Waals surface area contributed by atoms with Gasteiger partial charge in [0.25, 0.3) is 0 Å². The van der Waals surface area contributed by atoms with Gasteiger partial charge in [0.05, 0.1) is 5.69 Å². The summed E-state index contributed by atoms with van der Waals surface area (Å²) in [7, 11) is 1.99. The van der Waals surface area contributed by atoms with Crippen molar-refractivity contribution in [2.24, 2.45) is 7.05 Å². The van der Waals surface area contributed by atoms with Crippen LogP contribution >= 0.6 is 0 Å². The van der Waals surface area contributed by atoms with Crippen molar-refractivity contribution >= 4 is 0 Å². The Labute approximate surface area is 117 Å². The summed E-state index contributed by atoms with van der Waals surface area (Å²) in [5.74, 6) is 0. The third-order valence-electron chi connectivity index (χ3n) is 4.68. The van der Waals surface area contributed by atoms with Gasteiger partial charge >= 0.3 is 0 Å². The molecule has 1 aromatic rings. The Morgan fingerprint density at radius 3 is 2.74 bits per heavy atom. The van der Waals surface area contributed by atoms with E-state index in [0.717, 1.165) is 19.6 Å². The largest absolute Gasteiger partial charge is 0.310 e. The van der Waals surface area contributed by atoms with Crippen LogP contribution in [0.5, 0.6) is 0 Å². The molecule has 1 atom stereocenters. The van der Waals surface area contributed by atoms with Crippen LogP contribution in [-0.2, 0) is 13.6 Å². The molecule has 0 radical (unpaired) electrons. The van der Waals surface area contributed by atoms with Gasteiger partial charge in [-0.3, -0.25) is 9.58 Å². The lowest BCUT2D eigenvalue weighted by Gasteiger charge is -2.36. The van der Waals surface area contributed by atoms with Gasteiger partial charge in [-0.05, 0) is 38.8 Å². The Balaban J connectivity index is 2.11. The van der Waals surface area contributed by atoms with E-state index in [-0.39, 0.29) is 5.54 Å². The fourth-order valence-electron chi connectivity index (χ4n) is 3.02. The van der Waals surface area contributed by atoms with Crippen molar-refractivity contribution in [3.05, 3.63) is 18.0 Å². The normalized spacial score (nSPS) is 24.3. The highest BCUT2D eigenvalue weighted by Crippen LogP contribution is 2.23. The van der Waals surface area contributed by atoms with E-state index in [4.69, 9.17) is 0 Å². The Hall–Kier alpha value is -0.870. The zero-order valence-electron chi connectivity index (χ0n) is 12.8. The van der Waals surface area contributed by atoms with Crippen LogP contribution in [0.3, 0.4) is 0 Å². The van der Waals surface area contributed by atoms with E-state index in [2.05, 4.69) is 42.2 Å². The van der Waals surface area contributed by atoms with Crippen molar-refractivity contribution in [1.82, 2.24) is 20.0 Å². The molecule has 1 fully saturated rings. The van der Waals surface area contributed by atoms with Gasteiger partial charge in [0.2, 0.25) is 0 Å². The molecule has 1 unspecified atom stereocenters. The van der Waals surface area contributed by atoms with Crippen LogP contribution in [0, 0.1) is 0 Å². The minimum atomic E-state index is 0.277. The molecule has 0 aliphatic carbocycles. The maximum absolute atomic E-state index is 4.52. The molecule has 1 aliphatic rings. The molecular weight excluding hydrogens is 236 g/mol. The van der Waals surface area contributed by atoms with E-state index in [1.165, 1.54) is 25.0 Å². The van der Waals surface area contributed by atoms with Crippen molar-refractivity contribution in [1.29, 1.82) is 0 Å². The van der Waals surface area contributed by atoms with Crippen LogP contribution in [0.4, 0.5) is 0 Å². The first-order valence-corrected chi connectivity index (χ1v) is 7.56. The van der Waals surface area contributed by atoms with Gasteiger partial charge in [0.1, 0.15) is 0 Å². The summed E-state index contributed by atoms with van der Waals surface area (Å²) in [6, 6.07) is 2.75. The van der Waals surface area contributed by atoms with Crippen LogP contribution in [-0.4, -0.2) is 39.4 Å². The van der Waals surface area contributed by atoms with Crippen LogP contribution < -0.4 is 5.32 Å². The van der Waals surface area contributed by atoms with Crippen LogP contribution in [0.1, 0.15) is 45.7 Å². The van der Waals surface area contributed by atoms with E-state index >= 15 is 0 Å². The van der Waals surface area contributed by atoms with Gasteiger partial charge in [0.15, 0.2) is 0 Å². The summed E-state index contributed by atoms with van der Waals surface area (Å²) in [6.45, 7) is 10.1. The number of aryl methyl sites for hydroxylation is 1. The molecule has 0 saturated carbocycles. The molecule has 0 spiro atoms. The fraction of sp³-hybridized carbons (Fsp3) is 0.800. The van der Waals surface area contributed by atoms with Crippen molar-refractivity contribution < 1.29 is 0 Å². The van der Waals surface area contributed by atoms with Gasteiger partial charge in [0, 0.05) is 37.9 Å². The Kier molecular flexibility index (Phi) is 4.63. The van der Waals surface area contributed by atoms with Crippen LogP contribution in [0.25, 0.3) is 0 Å². The first kappa shape index (κ1) is 14.5. The highest BCUT2D eigenvalue weighted by atomic mass is 15.3. The number of hydrogen-bond donors (Lipinski definition) is 1. The zero-order chi connectivity index (χ0) is 13.9. The molecule has 4 nitrogen and oxygen atoms in total. The molecule has 2 heterocycles. The standard InChI is InChI=1S/C15H28N4/c1-5-15(6-2)12-19(13(3)7-9-16-15)11-14-8-10-18(4)17-14/h8,10,13,16H,5-7,9,11-12H2,1-4H3. The predicted octanol–water partition coefficient (Wildman–Crippen LogP) is 2.16. The third-order valence-corrected chi connectivity index (χ3v) is 4.68. The maximum Gasteiger partial charge on any atom is 0.0764 e. The quantitative estimate of drug-likeness (QED) is 0.904. The molecule has 4 heteroatoms. The minimum Gasteiger partial charge on any atom is -0.310 e. The van der Waals surface area contributed by atoms with Gasteiger partial charge in [-0.2, -0.15) is 5.10 Å². The van der Waals surface area contributed by atoms with E-state index in [1.807, 2.05) is 17.9 Å². The molecule has 2 rings (SSSR count). The number of rotatable bonds is 4. The lowest BCUT2D eigenvalue weighted by atomic mass is 9.92. The number of aromatic nitrogens is 2. The molecule has 1 aliphatic heterocycles. The first-order chi connectivity index (χ1) is 9.08. The van der Waals surface area contributed by atoms with Crippen molar-refractivity contribution in [2.75, 3.05) is 13.1 Å². The zero-order valence-corrected chi connectivity index (χ0v) is 12.8. The Bertz CT molecular complexity index is 395. The van der Waals surface area contributed by atoms with Gasteiger partial charge in [-0.25, -0.2) is 0 Å². The second kappa shape index (κ2) is 6.06. The van der Waals surface area contributed by atoms with Gasteiger partial charge in [-0.1, -0.05) is 13.8 Å². The highest BCUT2D eigenvalue weighted by Gasteiger charge is 2.32. The van der Waals surface area contributed by atoms with E-state index in [1.54, 1.807) is 0 Å². The Morgan fingerprint density at radius 1 is 1.42 bits per heavy atom. The lowest BCUT2D eigenvalue weighted by Crippen LogP contribution is -2.51. The number of nitrogens with zero attached hydrogens (tertiary/aromatic N) is 3. The molecule has 1 aromatic heterocycles. The summed E-state index contributed by atoms with van der Waals surface area (Å²) in [4.78, 5) is 2.59. The second-order valence-electron chi connectivity index (χ2n) is 5.94. The second-order valence-corrected chi connectivity index (χ2v) is 5.94. The molecule has 1 saturated heterocycles. The van der Waals surface area contributed by atoms with E-state index < -0.39 is 0 Å². The van der Waals surface area contributed by atoms with Crippen molar-refractivity contribution in [3.8, 4) is 0 Å². The van der Waals surface area contributed by atoms with E-state index in [0.29, 0.717) is 6.04 Å². The fourth-order valence-corrected chi connectivity index (χ4v) is 3.02. The highest BCUT2D eigenvalue weighted by molar-refractivity contribution is 5.01. The summed E-state index contributed by atoms with van der Waals surface area (Å²) in [6.07, 6.45) is 5.63. The molecule has 108 valence electrons. The maximum atomic E-state index is 4.52. The van der Waals surface area contributed by atoms with Crippen molar-refractivity contribution in [2.45, 2.75) is 58.2 Å². The topological polar surface area (TPSA) is 33.1 Å². The first-order valence-electron chi connectivity index (χ1n) is 7.56. The van der Waals surface area contributed by atoms with Crippen LogP contribution in [0.2, 0.25) is 0 Å². The average molecular weight is 264 g/mol. The SMILES string of the molecule is CCC1(CC)CN(Cc2ccn(C)n2)C(C)CCN1. The Morgan fingerprint density at radius 2 is 2.16 bits per heavy atom. The summed E-state index contributed by atoms with van der Waals surface area (Å²) in [5.41, 5.74) is 1.46. The minimum absolute atomic E-state index is 0.277. The summed E-state index contributed by atoms with van der Waals surface area (Å²) in [5, 5.41) is 8.30. The summed E-state index contributed by atoms with van der Waals surface area (Å²) < 4.78 is 1.89. The van der Waals surface area contributed by atoms with Crippen molar-refractivity contribution in [3.63, 3.8) is 0 Å². The smallest absolute Gasteiger partial charge is 0.0764 e. The molecule has 0 bridgehead atoms.